The highest BCUT2D eigenvalue weighted by atomic mass is 19.3. The summed E-state index contributed by atoms with van der Waals surface area (Å²) in [5.41, 5.74) is 4.57. The first-order valence-electron chi connectivity index (χ1n) is 9.46. The number of hydrogen-bond donors (Lipinski definition) is 2. The Morgan fingerprint density at radius 3 is 2.53 bits per heavy atom. The monoisotopic (exact) mass is 417 g/mol. The zero-order valence-corrected chi connectivity index (χ0v) is 15.8. The van der Waals surface area contributed by atoms with Gasteiger partial charge >= 0.3 is 12.5 Å². The number of anilines is 1. The van der Waals surface area contributed by atoms with Gasteiger partial charge in [-0.05, 0) is 65.4 Å². The Hall–Kier alpha value is -3.22. The van der Waals surface area contributed by atoms with Crippen molar-refractivity contribution in [1.82, 2.24) is 0 Å². The quantitative estimate of drug-likeness (QED) is 0.473. The molecule has 3 aromatic rings. The van der Waals surface area contributed by atoms with Gasteiger partial charge in [-0.3, -0.25) is 0 Å². The fourth-order valence-electron chi connectivity index (χ4n) is 3.73. The molecule has 0 fully saturated rings. The molecule has 1 aliphatic heterocycles. The van der Waals surface area contributed by atoms with Crippen molar-refractivity contribution in [3.8, 4) is 22.6 Å². The van der Waals surface area contributed by atoms with E-state index in [0.29, 0.717) is 12.0 Å². The Morgan fingerprint density at radius 2 is 1.77 bits per heavy atom. The van der Waals surface area contributed by atoms with Crippen LogP contribution in [0.1, 0.15) is 23.6 Å². The SMILES string of the molecule is Oc1cccc(-c2cccc3c2CCC(c2cccc(OC(F)(F)C(F)F)c2)N3)c1. The summed E-state index contributed by atoms with van der Waals surface area (Å²) in [5.74, 6) is -0.122. The molecule has 0 bridgehead atoms. The van der Waals surface area contributed by atoms with Crippen molar-refractivity contribution >= 4 is 5.69 Å². The summed E-state index contributed by atoms with van der Waals surface area (Å²) < 4.78 is 55.5. The highest BCUT2D eigenvalue weighted by Gasteiger charge is 2.44. The molecule has 1 aliphatic rings. The normalized spacial score (nSPS) is 16.1. The van der Waals surface area contributed by atoms with Crippen LogP contribution >= 0.6 is 0 Å². The first-order valence-corrected chi connectivity index (χ1v) is 9.46. The van der Waals surface area contributed by atoms with Crippen LogP contribution in [0.2, 0.25) is 0 Å². The Morgan fingerprint density at radius 1 is 1.00 bits per heavy atom. The second-order valence-corrected chi connectivity index (χ2v) is 7.15. The number of halogens is 4. The maximum Gasteiger partial charge on any atom is 0.461 e. The van der Waals surface area contributed by atoms with E-state index in [1.54, 1.807) is 24.3 Å². The maximum atomic E-state index is 13.2. The molecule has 0 spiro atoms. The second kappa shape index (κ2) is 7.89. The molecular formula is C23H19F4NO2. The predicted octanol–water partition coefficient (Wildman–Crippen LogP) is 6.40. The van der Waals surface area contributed by atoms with E-state index in [-0.39, 0.29) is 17.5 Å². The van der Waals surface area contributed by atoms with Crippen molar-refractivity contribution in [3.63, 3.8) is 0 Å². The molecule has 7 heteroatoms. The van der Waals surface area contributed by atoms with E-state index in [2.05, 4.69) is 10.1 Å². The zero-order valence-electron chi connectivity index (χ0n) is 15.8. The van der Waals surface area contributed by atoms with Gasteiger partial charge in [-0.15, -0.1) is 0 Å². The lowest BCUT2D eigenvalue weighted by Gasteiger charge is -2.29. The predicted molar refractivity (Wildman–Crippen MR) is 106 cm³/mol. The average Bonchev–Trinajstić information content (AvgIpc) is 2.72. The van der Waals surface area contributed by atoms with E-state index in [1.807, 2.05) is 24.3 Å². The van der Waals surface area contributed by atoms with Gasteiger partial charge in [0, 0.05) is 5.69 Å². The van der Waals surface area contributed by atoms with Gasteiger partial charge in [0.1, 0.15) is 11.5 Å². The van der Waals surface area contributed by atoms with Crippen molar-refractivity contribution in [3.05, 3.63) is 77.9 Å². The lowest BCUT2D eigenvalue weighted by molar-refractivity contribution is -0.253. The van der Waals surface area contributed by atoms with Gasteiger partial charge in [0.25, 0.3) is 0 Å². The number of ether oxygens (including phenoxy) is 1. The fraction of sp³-hybridized carbons (Fsp3) is 0.217. The van der Waals surface area contributed by atoms with Crippen LogP contribution in [0.3, 0.4) is 0 Å². The molecule has 4 rings (SSSR count). The number of nitrogens with one attached hydrogen (secondary N) is 1. The summed E-state index contributed by atoms with van der Waals surface area (Å²) >= 11 is 0. The minimum atomic E-state index is -4.54. The molecule has 0 amide bonds. The van der Waals surface area contributed by atoms with Crippen molar-refractivity contribution in [2.24, 2.45) is 0 Å². The summed E-state index contributed by atoms with van der Waals surface area (Å²) in [4.78, 5) is 0. The van der Waals surface area contributed by atoms with Crippen LogP contribution < -0.4 is 10.1 Å². The van der Waals surface area contributed by atoms with Gasteiger partial charge in [0.15, 0.2) is 0 Å². The molecule has 0 aliphatic carbocycles. The zero-order chi connectivity index (χ0) is 21.3. The number of phenols is 1. The van der Waals surface area contributed by atoms with Crippen molar-refractivity contribution in [2.45, 2.75) is 31.4 Å². The molecule has 1 unspecified atom stereocenters. The van der Waals surface area contributed by atoms with Gasteiger partial charge < -0.3 is 15.2 Å². The molecule has 0 radical (unpaired) electrons. The van der Waals surface area contributed by atoms with Gasteiger partial charge in [-0.1, -0.05) is 36.4 Å². The second-order valence-electron chi connectivity index (χ2n) is 7.15. The standard InChI is InChI=1S/C23H19F4NO2/c24-22(25)23(26,27)30-17-7-2-5-15(13-17)20-11-10-19-18(8-3-9-21(19)28-20)14-4-1-6-16(29)12-14/h1-9,12-13,20,22,28-29H,10-11H2. The maximum absolute atomic E-state index is 13.2. The molecule has 1 atom stereocenters. The van der Waals surface area contributed by atoms with Crippen LogP contribution in [0.5, 0.6) is 11.5 Å². The average molecular weight is 417 g/mol. The number of aromatic hydroxyl groups is 1. The topological polar surface area (TPSA) is 41.5 Å². The highest BCUT2D eigenvalue weighted by Crippen LogP contribution is 2.39. The molecule has 0 saturated carbocycles. The van der Waals surface area contributed by atoms with Gasteiger partial charge in [0.05, 0.1) is 6.04 Å². The Kier molecular flexibility index (Phi) is 5.28. The number of rotatable bonds is 5. The first-order chi connectivity index (χ1) is 14.3. The van der Waals surface area contributed by atoms with Crippen LogP contribution in [-0.2, 0) is 6.42 Å². The smallest absolute Gasteiger partial charge is 0.461 e. The van der Waals surface area contributed by atoms with E-state index in [4.69, 9.17) is 0 Å². The molecule has 3 aromatic carbocycles. The summed E-state index contributed by atoms with van der Waals surface area (Å²) in [7, 11) is 0. The number of hydrogen-bond acceptors (Lipinski definition) is 3. The van der Waals surface area contributed by atoms with Crippen LogP contribution in [0.15, 0.2) is 66.7 Å². The third kappa shape index (κ3) is 4.06. The third-order valence-corrected chi connectivity index (χ3v) is 5.11. The molecule has 1 heterocycles. The van der Waals surface area contributed by atoms with Gasteiger partial charge in [-0.25, -0.2) is 0 Å². The molecule has 0 saturated heterocycles. The molecule has 3 nitrogen and oxygen atoms in total. The first kappa shape index (κ1) is 20.1. The summed E-state index contributed by atoms with van der Waals surface area (Å²) in [6.07, 6.45) is -7.05. The van der Waals surface area contributed by atoms with Crippen molar-refractivity contribution in [2.75, 3.05) is 5.32 Å². The van der Waals surface area contributed by atoms with Crippen LogP contribution in [0.4, 0.5) is 23.2 Å². The largest absolute Gasteiger partial charge is 0.508 e. The third-order valence-electron chi connectivity index (χ3n) is 5.11. The molecule has 0 aromatic heterocycles. The summed E-state index contributed by atoms with van der Waals surface area (Å²) in [6, 6.07) is 18.5. The van der Waals surface area contributed by atoms with Gasteiger partial charge in [0.2, 0.25) is 0 Å². The van der Waals surface area contributed by atoms with Crippen LogP contribution in [-0.4, -0.2) is 17.6 Å². The van der Waals surface area contributed by atoms with Crippen molar-refractivity contribution in [1.29, 1.82) is 0 Å². The number of alkyl halides is 4. The van der Waals surface area contributed by atoms with Crippen molar-refractivity contribution < 1.29 is 27.4 Å². The molecule has 30 heavy (non-hydrogen) atoms. The Balaban J connectivity index is 1.58. The molecule has 156 valence electrons. The highest BCUT2D eigenvalue weighted by molar-refractivity contribution is 5.75. The summed E-state index contributed by atoms with van der Waals surface area (Å²) in [6.45, 7) is 0. The van der Waals surface area contributed by atoms with Gasteiger partial charge in [-0.2, -0.15) is 17.6 Å². The van der Waals surface area contributed by atoms with E-state index in [1.165, 1.54) is 18.2 Å². The van der Waals surface area contributed by atoms with Crippen LogP contribution in [0.25, 0.3) is 11.1 Å². The number of fused-ring (bicyclic) bond motifs is 1. The minimum Gasteiger partial charge on any atom is -0.508 e. The summed E-state index contributed by atoms with van der Waals surface area (Å²) in [5, 5.41) is 13.2. The molecule has 2 N–H and O–H groups in total. The molecular weight excluding hydrogens is 398 g/mol. The van der Waals surface area contributed by atoms with E-state index in [9.17, 15) is 22.7 Å². The van der Waals surface area contributed by atoms with E-state index in [0.717, 1.165) is 28.8 Å². The Labute approximate surface area is 170 Å². The Bertz CT molecular complexity index is 1050. The van der Waals surface area contributed by atoms with E-state index < -0.39 is 12.5 Å². The lowest BCUT2D eigenvalue weighted by atomic mass is 9.88. The minimum absolute atomic E-state index is 0.180. The van der Waals surface area contributed by atoms with E-state index >= 15 is 0 Å². The van der Waals surface area contributed by atoms with Crippen LogP contribution in [0, 0.1) is 0 Å². The lowest BCUT2D eigenvalue weighted by Crippen LogP contribution is -2.33. The number of benzene rings is 3. The number of phenolic OH excluding ortho intramolecular Hbond substituents is 1. The fourth-order valence-corrected chi connectivity index (χ4v) is 3.73.